The molecule has 4 aliphatic rings. The average Bonchev–Trinajstić information content (AvgIpc) is 2.56. The Balaban J connectivity index is 1.49. The van der Waals surface area contributed by atoms with Gasteiger partial charge in [0.15, 0.2) is 0 Å². The second-order valence-electron chi connectivity index (χ2n) is 8.13. The molecule has 23 heavy (non-hydrogen) atoms. The summed E-state index contributed by atoms with van der Waals surface area (Å²) >= 11 is 2.32. The fraction of sp³-hybridized carbons (Fsp3) is 1.00. The molecule has 4 saturated heterocycles. The van der Waals surface area contributed by atoms with E-state index in [2.05, 4.69) is 35.4 Å². The Kier molecular flexibility index (Phi) is 4.70. The number of fused-ring (bicyclic) bond motifs is 2. The van der Waals surface area contributed by atoms with E-state index in [-0.39, 0.29) is 0 Å². The number of hydrogen-bond donors (Lipinski definition) is 0. The molecule has 0 aromatic heterocycles. The minimum Gasteiger partial charge on any atom is -0.379 e. The highest BCUT2D eigenvalue weighted by atomic mass is 32.2. The van der Waals surface area contributed by atoms with Gasteiger partial charge in [0.05, 0.1) is 26.4 Å². The van der Waals surface area contributed by atoms with E-state index in [4.69, 9.17) is 9.47 Å². The van der Waals surface area contributed by atoms with Crippen molar-refractivity contribution in [3.05, 3.63) is 0 Å². The lowest BCUT2D eigenvalue weighted by molar-refractivity contribution is -0.0191. The monoisotopic (exact) mass is 340 g/mol. The summed E-state index contributed by atoms with van der Waals surface area (Å²) in [5, 5.41) is 0. The van der Waals surface area contributed by atoms with Crippen LogP contribution in [0.4, 0.5) is 0 Å². The van der Waals surface area contributed by atoms with E-state index in [0.717, 1.165) is 64.7 Å². The molecular weight excluding hydrogens is 308 g/mol. The maximum atomic E-state index is 5.58. The van der Waals surface area contributed by atoms with Crippen molar-refractivity contribution in [2.45, 2.75) is 61.1 Å². The molecule has 0 aromatic rings. The normalized spacial score (nSPS) is 46.7. The number of morpholine rings is 2. The van der Waals surface area contributed by atoms with Crippen molar-refractivity contribution in [3.8, 4) is 0 Å². The number of ether oxygens (including phenoxy) is 2. The van der Waals surface area contributed by atoms with E-state index in [9.17, 15) is 0 Å². The van der Waals surface area contributed by atoms with Gasteiger partial charge in [0, 0.05) is 47.8 Å². The number of thioether (sulfide) groups is 1. The molecule has 0 aromatic carbocycles. The molecule has 4 rings (SSSR count). The zero-order valence-corrected chi connectivity index (χ0v) is 15.6. The van der Waals surface area contributed by atoms with Gasteiger partial charge in [-0.1, -0.05) is 0 Å². The molecule has 0 radical (unpaired) electrons. The average molecular weight is 341 g/mol. The second-order valence-corrected chi connectivity index (χ2v) is 10.2. The molecule has 4 unspecified atom stereocenters. The second kappa shape index (κ2) is 6.49. The summed E-state index contributed by atoms with van der Waals surface area (Å²) in [5.74, 6) is 0. The van der Waals surface area contributed by atoms with E-state index < -0.39 is 0 Å². The fourth-order valence-corrected chi connectivity index (χ4v) is 7.79. The summed E-state index contributed by atoms with van der Waals surface area (Å²) in [5.41, 5.74) is 0. The van der Waals surface area contributed by atoms with Gasteiger partial charge in [-0.15, -0.1) is 11.8 Å². The molecule has 0 saturated carbocycles. The highest BCUT2D eigenvalue weighted by Gasteiger charge is 2.55. The van der Waals surface area contributed by atoms with Gasteiger partial charge in [0.25, 0.3) is 0 Å². The van der Waals surface area contributed by atoms with Gasteiger partial charge in [0.2, 0.25) is 0 Å². The van der Waals surface area contributed by atoms with E-state index in [1.807, 2.05) is 0 Å². The summed E-state index contributed by atoms with van der Waals surface area (Å²) in [4.78, 5) is 5.45. The molecule has 5 heteroatoms. The third-order valence-electron chi connectivity index (χ3n) is 6.68. The first kappa shape index (κ1) is 16.6. The van der Waals surface area contributed by atoms with Crippen molar-refractivity contribution in [2.75, 3.05) is 52.6 Å². The van der Waals surface area contributed by atoms with E-state index >= 15 is 0 Å². The zero-order valence-electron chi connectivity index (χ0n) is 14.8. The van der Waals surface area contributed by atoms with Crippen LogP contribution in [0.15, 0.2) is 0 Å². The molecular formula is C18H32N2O2S. The molecule has 4 fully saturated rings. The van der Waals surface area contributed by atoms with Crippen LogP contribution in [0.25, 0.3) is 0 Å². The lowest BCUT2D eigenvalue weighted by Gasteiger charge is -2.60. The van der Waals surface area contributed by atoms with Crippen molar-refractivity contribution in [1.29, 1.82) is 0 Å². The lowest BCUT2D eigenvalue weighted by Crippen LogP contribution is -2.65. The molecule has 4 nitrogen and oxygen atoms in total. The molecule has 4 heterocycles. The Bertz CT molecular complexity index is 387. The maximum absolute atomic E-state index is 5.58. The van der Waals surface area contributed by atoms with Crippen molar-refractivity contribution in [3.63, 3.8) is 0 Å². The highest BCUT2D eigenvalue weighted by Crippen LogP contribution is 2.58. The van der Waals surface area contributed by atoms with Gasteiger partial charge in [-0.2, -0.15) is 0 Å². The molecule has 2 bridgehead atoms. The molecule has 0 spiro atoms. The van der Waals surface area contributed by atoms with Gasteiger partial charge in [-0.3, -0.25) is 9.80 Å². The first-order valence-corrected chi connectivity index (χ1v) is 10.3. The van der Waals surface area contributed by atoms with Gasteiger partial charge in [0.1, 0.15) is 0 Å². The third-order valence-corrected chi connectivity index (χ3v) is 8.56. The van der Waals surface area contributed by atoms with Crippen LogP contribution in [0.2, 0.25) is 0 Å². The zero-order chi connectivity index (χ0) is 15.9. The van der Waals surface area contributed by atoms with Crippen LogP contribution in [-0.2, 0) is 9.47 Å². The minimum atomic E-state index is 0.424. The SMILES string of the molecule is CC12CCC(N3CCOCC3)C(C)(CCC1N1CCOCC1)S2. The summed E-state index contributed by atoms with van der Waals surface area (Å²) in [6.45, 7) is 13.3. The van der Waals surface area contributed by atoms with Crippen LogP contribution < -0.4 is 0 Å². The number of hydrogen-bond acceptors (Lipinski definition) is 5. The lowest BCUT2D eigenvalue weighted by atomic mass is 9.77. The van der Waals surface area contributed by atoms with Crippen LogP contribution in [-0.4, -0.2) is 84.0 Å². The van der Waals surface area contributed by atoms with Crippen molar-refractivity contribution < 1.29 is 9.47 Å². The summed E-state index contributed by atoms with van der Waals surface area (Å²) in [6, 6.07) is 1.49. The highest BCUT2D eigenvalue weighted by molar-refractivity contribution is 8.02. The first-order chi connectivity index (χ1) is 11.1. The number of nitrogens with zero attached hydrogens (tertiary/aromatic N) is 2. The van der Waals surface area contributed by atoms with Crippen LogP contribution in [0.3, 0.4) is 0 Å². The quantitative estimate of drug-likeness (QED) is 0.768. The molecule has 0 amide bonds. The fourth-order valence-electron chi connectivity index (χ4n) is 5.48. The van der Waals surface area contributed by atoms with Crippen LogP contribution >= 0.6 is 11.8 Å². The standard InChI is InChI=1S/C18H32N2O2S/c1-17-5-3-16(20-9-13-22-14-10-20)18(2,23-17)6-4-15(17)19-7-11-21-12-8-19/h15-16H,3-14H2,1-2H3. The molecule has 0 aliphatic carbocycles. The molecule has 4 aliphatic heterocycles. The first-order valence-electron chi connectivity index (χ1n) is 9.45. The maximum Gasteiger partial charge on any atom is 0.0594 e. The minimum absolute atomic E-state index is 0.424. The van der Waals surface area contributed by atoms with Crippen LogP contribution in [0.1, 0.15) is 39.5 Å². The number of rotatable bonds is 2. The molecule has 4 atom stereocenters. The van der Waals surface area contributed by atoms with Gasteiger partial charge < -0.3 is 9.47 Å². The van der Waals surface area contributed by atoms with E-state index in [1.165, 1.54) is 25.7 Å². The summed E-state index contributed by atoms with van der Waals surface area (Å²) in [6.07, 6.45) is 5.44. The Morgan fingerprint density at radius 1 is 0.739 bits per heavy atom. The van der Waals surface area contributed by atoms with Crippen molar-refractivity contribution in [1.82, 2.24) is 9.80 Å². The Morgan fingerprint density at radius 3 is 1.52 bits per heavy atom. The molecule has 132 valence electrons. The largest absolute Gasteiger partial charge is 0.379 e. The van der Waals surface area contributed by atoms with Crippen molar-refractivity contribution in [2.24, 2.45) is 0 Å². The molecule has 0 N–H and O–H groups in total. The van der Waals surface area contributed by atoms with E-state index in [0.29, 0.717) is 9.49 Å². The smallest absolute Gasteiger partial charge is 0.0594 e. The Morgan fingerprint density at radius 2 is 1.13 bits per heavy atom. The van der Waals surface area contributed by atoms with Crippen molar-refractivity contribution >= 4 is 11.8 Å². The predicted octanol–water partition coefficient (Wildman–Crippen LogP) is 2.23. The summed E-state index contributed by atoms with van der Waals surface area (Å²) in [7, 11) is 0. The van der Waals surface area contributed by atoms with Crippen LogP contribution in [0, 0.1) is 0 Å². The van der Waals surface area contributed by atoms with Gasteiger partial charge >= 0.3 is 0 Å². The predicted molar refractivity (Wildman–Crippen MR) is 95.2 cm³/mol. The van der Waals surface area contributed by atoms with Gasteiger partial charge in [-0.25, -0.2) is 0 Å². The topological polar surface area (TPSA) is 24.9 Å². The van der Waals surface area contributed by atoms with Gasteiger partial charge in [-0.05, 0) is 39.5 Å². The Hall–Kier alpha value is 0.190. The van der Waals surface area contributed by atoms with Crippen LogP contribution in [0.5, 0.6) is 0 Å². The Labute approximate surface area is 145 Å². The third kappa shape index (κ3) is 3.08. The summed E-state index contributed by atoms with van der Waals surface area (Å²) < 4.78 is 12.0. The van der Waals surface area contributed by atoms with E-state index in [1.54, 1.807) is 0 Å².